The Morgan fingerprint density at radius 2 is 2.00 bits per heavy atom. The second kappa shape index (κ2) is 12.0. The van der Waals surface area contributed by atoms with Crippen LogP contribution in [0.25, 0.3) is 0 Å². The van der Waals surface area contributed by atoms with Crippen molar-refractivity contribution in [1.29, 1.82) is 0 Å². The zero-order valence-corrected chi connectivity index (χ0v) is 20.9. The molecular weight excluding hydrogens is 460 g/mol. The first-order chi connectivity index (χ1) is 15.6. The highest BCUT2D eigenvalue weighted by atomic mass is 35.5. The van der Waals surface area contributed by atoms with E-state index in [9.17, 15) is 9.90 Å². The molecule has 33 heavy (non-hydrogen) atoms. The van der Waals surface area contributed by atoms with Crippen LogP contribution < -0.4 is 14.4 Å². The van der Waals surface area contributed by atoms with Gasteiger partial charge in [0.2, 0.25) is 5.91 Å². The van der Waals surface area contributed by atoms with E-state index in [2.05, 4.69) is 4.90 Å². The van der Waals surface area contributed by atoms with E-state index in [1.165, 1.54) is 12.8 Å². The number of aliphatic hydroxyl groups excluding tert-OH is 1. The van der Waals surface area contributed by atoms with Gasteiger partial charge in [-0.25, -0.2) is 0 Å². The molecule has 8 heteroatoms. The Balaban J connectivity index is 0.00000306. The van der Waals surface area contributed by atoms with Gasteiger partial charge in [-0.2, -0.15) is 0 Å². The first-order valence-electron chi connectivity index (χ1n) is 11.3. The molecule has 2 aromatic rings. The molecule has 1 aliphatic heterocycles. The summed E-state index contributed by atoms with van der Waals surface area (Å²) in [5.41, 5.74) is 1.87. The predicted molar refractivity (Wildman–Crippen MR) is 135 cm³/mol. The summed E-state index contributed by atoms with van der Waals surface area (Å²) in [4.78, 5) is 17.8. The minimum absolute atomic E-state index is 0. The number of methoxy groups -OCH3 is 1. The van der Waals surface area contributed by atoms with Crippen LogP contribution in [0.3, 0.4) is 0 Å². The van der Waals surface area contributed by atoms with Crippen molar-refractivity contribution in [2.24, 2.45) is 5.92 Å². The summed E-state index contributed by atoms with van der Waals surface area (Å²) in [5.74, 6) is 2.32. The van der Waals surface area contributed by atoms with Crippen molar-refractivity contribution in [3.8, 4) is 11.5 Å². The molecule has 0 spiro atoms. The number of para-hydroxylation sites is 1. The first kappa shape index (κ1) is 25.7. The van der Waals surface area contributed by atoms with Gasteiger partial charge >= 0.3 is 0 Å². The van der Waals surface area contributed by atoms with Crippen LogP contribution >= 0.6 is 24.2 Å². The third-order valence-corrected chi connectivity index (χ3v) is 7.21. The number of carbonyl (C=O) groups is 1. The molecule has 0 saturated heterocycles. The first-order valence-corrected chi connectivity index (χ1v) is 12.2. The maximum atomic E-state index is 12.6. The lowest BCUT2D eigenvalue weighted by molar-refractivity contribution is -0.116. The zero-order valence-electron chi connectivity index (χ0n) is 19.2. The van der Waals surface area contributed by atoms with Crippen LogP contribution in [0.4, 0.5) is 5.69 Å². The highest BCUT2D eigenvalue weighted by Gasteiger charge is 2.35. The second-order valence-electron chi connectivity index (χ2n) is 8.40. The molecule has 1 atom stereocenters. The average molecular weight is 493 g/mol. The molecule has 180 valence electrons. The van der Waals surface area contributed by atoms with Gasteiger partial charge in [-0.15, -0.1) is 12.4 Å². The fourth-order valence-corrected chi connectivity index (χ4v) is 5.51. The zero-order chi connectivity index (χ0) is 22.5. The van der Waals surface area contributed by atoms with Crippen molar-refractivity contribution in [1.82, 2.24) is 4.90 Å². The molecule has 1 aliphatic carbocycles. The van der Waals surface area contributed by atoms with Gasteiger partial charge in [-0.05, 0) is 55.5 Å². The van der Waals surface area contributed by atoms with Crippen molar-refractivity contribution in [3.63, 3.8) is 0 Å². The number of fused-ring (bicyclic) bond motifs is 1. The van der Waals surface area contributed by atoms with Crippen LogP contribution in [-0.2, 0) is 4.79 Å². The molecule has 1 heterocycles. The van der Waals surface area contributed by atoms with Crippen LogP contribution in [-0.4, -0.2) is 55.9 Å². The SMILES string of the molecule is COc1ccc(OCCCN(CCO)CC2CC2)c(C2Sc3ccccc3N2C(C)=O)c1.Cl. The Morgan fingerprint density at radius 1 is 1.21 bits per heavy atom. The highest BCUT2D eigenvalue weighted by molar-refractivity contribution is 8.00. The maximum Gasteiger partial charge on any atom is 0.225 e. The largest absolute Gasteiger partial charge is 0.497 e. The number of amides is 1. The van der Waals surface area contributed by atoms with Crippen molar-refractivity contribution >= 4 is 35.8 Å². The van der Waals surface area contributed by atoms with Gasteiger partial charge in [0.15, 0.2) is 0 Å². The molecule has 2 aliphatic rings. The van der Waals surface area contributed by atoms with E-state index in [0.29, 0.717) is 6.61 Å². The van der Waals surface area contributed by atoms with E-state index in [1.54, 1.807) is 25.8 Å². The number of carbonyl (C=O) groups excluding carboxylic acids is 1. The topological polar surface area (TPSA) is 62.2 Å². The number of hydrogen-bond donors (Lipinski definition) is 1. The second-order valence-corrected chi connectivity index (χ2v) is 9.52. The molecular formula is C25H33ClN2O4S. The van der Waals surface area contributed by atoms with E-state index >= 15 is 0 Å². The van der Waals surface area contributed by atoms with E-state index < -0.39 is 0 Å². The number of rotatable bonds is 11. The molecule has 1 amide bonds. The summed E-state index contributed by atoms with van der Waals surface area (Å²) in [7, 11) is 1.65. The van der Waals surface area contributed by atoms with Crippen LogP contribution in [0.5, 0.6) is 11.5 Å². The Labute approximate surface area is 206 Å². The number of anilines is 1. The Morgan fingerprint density at radius 3 is 2.70 bits per heavy atom. The van der Waals surface area contributed by atoms with E-state index in [-0.39, 0.29) is 30.3 Å². The van der Waals surface area contributed by atoms with Crippen molar-refractivity contribution in [3.05, 3.63) is 48.0 Å². The Hall–Kier alpha value is -1.93. The molecule has 0 radical (unpaired) electrons. The molecule has 1 fully saturated rings. The summed E-state index contributed by atoms with van der Waals surface area (Å²) < 4.78 is 11.7. The molecule has 4 rings (SSSR count). The van der Waals surface area contributed by atoms with Crippen molar-refractivity contribution in [2.75, 3.05) is 44.9 Å². The molecule has 2 aromatic carbocycles. The average Bonchev–Trinajstić information content (AvgIpc) is 3.52. The molecule has 0 aromatic heterocycles. The fraction of sp³-hybridized carbons (Fsp3) is 0.480. The third-order valence-electron chi connectivity index (χ3n) is 5.93. The lowest BCUT2D eigenvalue weighted by atomic mass is 10.1. The summed E-state index contributed by atoms with van der Waals surface area (Å²) in [5, 5.41) is 9.14. The van der Waals surface area contributed by atoms with Crippen LogP contribution in [0.2, 0.25) is 0 Å². The van der Waals surface area contributed by atoms with Gasteiger partial charge in [0.25, 0.3) is 0 Å². The summed E-state index contributed by atoms with van der Waals surface area (Å²) in [6, 6.07) is 13.8. The van der Waals surface area contributed by atoms with E-state index in [0.717, 1.165) is 59.6 Å². The normalized spacial score (nSPS) is 17.0. The molecule has 0 bridgehead atoms. The minimum Gasteiger partial charge on any atom is -0.497 e. The van der Waals surface area contributed by atoms with Gasteiger partial charge in [-0.1, -0.05) is 23.9 Å². The minimum atomic E-state index is -0.198. The fourth-order valence-electron chi connectivity index (χ4n) is 4.14. The maximum absolute atomic E-state index is 12.6. The van der Waals surface area contributed by atoms with E-state index in [1.807, 2.05) is 47.4 Å². The molecule has 1 saturated carbocycles. The number of ether oxygens (including phenoxy) is 2. The lowest BCUT2D eigenvalue weighted by Crippen LogP contribution is -2.31. The summed E-state index contributed by atoms with van der Waals surface area (Å²) in [6.07, 6.45) is 3.50. The van der Waals surface area contributed by atoms with Crippen molar-refractivity contribution in [2.45, 2.75) is 36.5 Å². The number of aliphatic hydroxyl groups is 1. The van der Waals surface area contributed by atoms with Gasteiger partial charge in [0.1, 0.15) is 16.9 Å². The van der Waals surface area contributed by atoms with Gasteiger partial charge in [0, 0.05) is 37.0 Å². The predicted octanol–water partition coefficient (Wildman–Crippen LogP) is 4.75. The number of thioether (sulfide) groups is 1. The smallest absolute Gasteiger partial charge is 0.225 e. The summed E-state index contributed by atoms with van der Waals surface area (Å²) >= 11 is 1.66. The highest BCUT2D eigenvalue weighted by Crippen LogP contribution is 2.53. The molecule has 6 nitrogen and oxygen atoms in total. The molecule has 1 unspecified atom stereocenters. The number of benzene rings is 2. The summed E-state index contributed by atoms with van der Waals surface area (Å²) in [6.45, 7) is 5.07. The Bertz CT molecular complexity index is 940. The Kier molecular flexibility index (Phi) is 9.32. The van der Waals surface area contributed by atoms with E-state index in [4.69, 9.17) is 9.47 Å². The standard InChI is InChI=1S/C25H32N2O4S.ClH/c1-18(29)27-22-6-3-4-7-24(22)32-25(27)21-16-20(30-2)10-11-23(21)31-15-5-12-26(13-14-28)17-19-8-9-19;/h3-4,6-7,10-11,16,19,25,28H,5,8-9,12-15,17H2,1-2H3;1H. The van der Waals surface area contributed by atoms with Crippen LogP contribution in [0, 0.1) is 5.92 Å². The number of nitrogens with zero attached hydrogens (tertiary/aromatic N) is 2. The number of hydrogen-bond acceptors (Lipinski definition) is 6. The van der Waals surface area contributed by atoms with Gasteiger partial charge in [-0.3, -0.25) is 9.69 Å². The lowest BCUT2D eigenvalue weighted by Gasteiger charge is -2.26. The monoisotopic (exact) mass is 492 g/mol. The van der Waals surface area contributed by atoms with Gasteiger partial charge in [0.05, 0.1) is 26.0 Å². The van der Waals surface area contributed by atoms with Crippen LogP contribution in [0.1, 0.15) is 37.1 Å². The quantitative estimate of drug-likeness (QED) is 0.457. The third kappa shape index (κ3) is 6.35. The van der Waals surface area contributed by atoms with Crippen LogP contribution in [0.15, 0.2) is 47.4 Å². The molecule has 1 N–H and O–H groups in total. The van der Waals surface area contributed by atoms with Gasteiger partial charge < -0.3 is 19.5 Å². The van der Waals surface area contributed by atoms with Crippen molar-refractivity contribution < 1.29 is 19.4 Å². The number of halogens is 1.